The lowest BCUT2D eigenvalue weighted by molar-refractivity contribution is 0.0777. The summed E-state index contributed by atoms with van der Waals surface area (Å²) < 4.78 is 0. The molecule has 2 aromatic rings. The quantitative estimate of drug-likeness (QED) is 0.843. The normalized spacial score (nSPS) is 18.2. The molecule has 5 nitrogen and oxygen atoms in total. The Morgan fingerprint density at radius 1 is 1.33 bits per heavy atom. The maximum absolute atomic E-state index is 12.8. The molecule has 1 aliphatic heterocycles. The van der Waals surface area contributed by atoms with E-state index in [9.17, 15) is 4.79 Å². The number of thiophene rings is 1. The molecule has 0 radical (unpaired) electrons. The third kappa shape index (κ3) is 2.88. The average molecular weight is 347 g/mol. The largest absolute Gasteiger partial charge is 0.353 e. The molecule has 1 saturated heterocycles. The molecule has 0 bridgehead atoms. The number of carbonyl (C=O) groups is 1. The first-order valence-corrected chi connectivity index (χ1v) is 9.70. The molecule has 24 heavy (non-hydrogen) atoms. The SMILES string of the molecule is CCN(CC)C(=O)c1sc2ncnc(N3CCCCC3C)c2c1C. The van der Waals surface area contributed by atoms with Crippen molar-refractivity contribution in [2.24, 2.45) is 0 Å². The zero-order valence-electron chi connectivity index (χ0n) is 15.0. The Labute approximate surface area is 147 Å². The van der Waals surface area contributed by atoms with Crippen molar-refractivity contribution in [2.75, 3.05) is 24.5 Å². The van der Waals surface area contributed by atoms with Gasteiger partial charge in [0.2, 0.25) is 0 Å². The summed E-state index contributed by atoms with van der Waals surface area (Å²) in [5, 5.41) is 1.06. The highest BCUT2D eigenvalue weighted by Crippen LogP contribution is 2.37. The van der Waals surface area contributed by atoms with Gasteiger partial charge in [0.15, 0.2) is 0 Å². The molecule has 1 fully saturated rings. The van der Waals surface area contributed by atoms with Crippen LogP contribution in [0, 0.1) is 6.92 Å². The van der Waals surface area contributed by atoms with Crippen LogP contribution in [0.2, 0.25) is 0 Å². The van der Waals surface area contributed by atoms with Crippen LogP contribution in [0.15, 0.2) is 6.33 Å². The summed E-state index contributed by atoms with van der Waals surface area (Å²) in [4.78, 5) is 27.9. The standard InChI is InChI=1S/C18H26N4OS/c1-5-21(6-2)18(23)15-13(4)14-16(19-11-20-17(14)24-15)22-10-8-7-9-12(22)3/h11-12H,5-10H2,1-4H3. The van der Waals surface area contributed by atoms with Crippen molar-refractivity contribution >= 4 is 33.3 Å². The molecule has 0 aromatic carbocycles. The Morgan fingerprint density at radius 2 is 2.08 bits per heavy atom. The Balaban J connectivity index is 2.09. The molecule has 3 rings (SSSR count). The van der Waals surface area contributed by atoms with Gasteiger partial charge in [-0.25, -0.2) is 9.97 Å². The first-order chi connectivity index (χ1) is 11.6. The van der Waals surface area contributed by atoms with Crippen LogP contribution in [-0.4, -0.2) is 46.5 Å². The third-order valence-electron chi connectivity index (χ3n) is 5.03. The van der Waals surface area contributed by atoms with Crippen LogP contribution in [0.3, 0.4) is 0 Å². The first-order valence-electron chi connectivity index (χ1n) is 8.88. The molecule has 130 valence electrons. The Kier molecular flexibility index (Phi) is 5.04. The number of carbonyl (C=O) groups excluding carboxylic acids is 1. The molecule has 1 amide bonds. The predicted molar refractivity (Wildman–Crippen MR) is 100 cm³/mol. The molecule has 6 heteroatoms. The Bertz CT molecular complexity index is 738. The van der Waals surface area contributed by atoms with Gasteiger partial charge in [0, 0.05) is 25.7 Å². The zero-order valence-corrected chi connectivity index (χ0v) is 15.8. The second kappa shape index (κ2) is 7.05. The van der Waals surface area contributed by atoms with E-state index < -0.39 is 0 Å². The number of nitrogens with zero attached hydrogens (tertiary/aromatic N) is 4. The van der Waals surface area contributed by atoms with Gasteiger partial charge in [-0.15, -0.1) is 11.3 Å². The number of rotatable bonds is 4. The van der Waals surface area contributed by atoms with Crippen molar-refractivity contribution in [3.8, 4) is 0 Å². The lowest BCUT2D eigenvalue weighted by Gasteiger charge is -2.34. The van der Waals surface area contributed by atoms with Gasteiger partial charge >= 0.3 is 0 Å². The van der Waals surface area contributed by atoms with E-state index in [0.717, 1.165) is 46.1 Å². The molecule has 0 saturated carbocycles. The third-order valence-corrected chi connectivity index (χ3v) is 6.21. The maximum atomic E-state index is 12.8. The summed E-state index contributed by atoms with van der Waals surface area (Å²) in [6, 6.07) is 0.484. The number of fused-ring (bicyclic) bond motifs is 1. The Morgan fingerprint density at radius 3 is 2.75 bits per heavy atom. The van der Waals surface area contributed by atoms with E-state index in [4.69, 9.17) is 0 Å². The van der Waals surface area contributed by atoms with Gasteiger partial charge in [-0.2, -0.15) is 0 Å². The summed E-state index contributed by atoms with van der Waals surface area (Å²) in [6.07, 6.45) is 5.31. The van der Waals surface area contributed by atoms with Gasteiger partial charge in [0.25, 0.3) is 5.91 Å². The van der Waals surface area contributed by atoms with Gasteiger partial charge in [0.1, 0.15) is 17.0 Å². The van der Waals surface area contributed by atoms with Gasteiger partial charge in [-0.05, 0) is 52.5 Å². The number of amides is 1. The van der Waals surface area contributed by atoms with E-state index in [1.165, 1.54) is 30.6 Å². The van der Waals surface area contributed by atoms with Crippen molar-refractivity contribution < 1.29 is 4.79 Å². The predicted octanol–water partition coefficient (Wildman–Crippen LogP) is 3.86. The highest BCUT2D eigenvalue weighted by molar-refractivity contribution is 7.20. The number of hydrogen-bond donors (Lipinski definition) is 0. The van der Waals surface area contributed by atoms with Crippen molar-refractivity contribution in [3.05, 3.63) is 16.8 Å². The molecule has 0 N–H and O–H groups in total. The second-order valence-electron chi connectivity index (χ2n) is 6.45. The average Bonchev–Trinajstić information content (AvgIpc) is 2.93. The van der Waals surface area contributed by atoms with Crippen LogP contribution in [0.5, 0.6) is 0 Å². The molecule has 2 aromatic heterocycles. The van der Waals surface area contributed by atoms with E-state index in [1.54, 1.807) is 6.33 Å². The fourth-order valence-corrected chi connectivity index (χ4v) is 4.65. The van der Waals surface area contributed by atoms with E-state index in [2.05, 4.69) is 21.8 Å². The summed E-state index contributed by atoms with van der Waals surface area (Å²) in [6.45, 7) is 10.8. The monoisotopic (exact) mass is 346 g/mol. The van der Waals surface area contributed by atoms with E-state index >= 15 is 0 Å². The minimum absolute atomic E-state index is 0.109. The van der Waals surface area contributed by atoms with Crippen LogP contribution in [0.1, 0.15) is 55.3 Å². The smallest absolute Gasteiger partial charge is 0.264 e. The number of piperidine rings is 1. The van der Waals surface area contributed by atoms with Gasteiger partial charge in [-0.3, -0.25) is 4.79 Å². The van der Waals surface area contributed by atoms with Crippen LogP contribution in [0.4, 0.5) is 5.82 Å². The fourth-order valence-electron chi connectivity index (χ4n) is 3.54. The van der Waals surface area contributed by atoms with Gasteiger partial charge < -0.3 is 9.80 Å². The van der Waals surface area contributed by atoms with Crippen LogP contribution in [-0.2, 0) is 0 Å². The highest BCUT2D eigenvalue weighted by atomic mass is 32.1. The van der Waals surface area contributed by atoms with Crippen molar-refractivity contribution in [3.63, 3.8) is 0 Å². The van der Waals surface area contributed by atoms with Crippen LogP contribution in [0.25, 0.3) is 10.2 Å². The highest BCUT2D eigenvalue weighted by Gasteiger charge is 2.26. The van der Waals surface area contributed by atoms with Crippen molar-refractivity contribution in [2.45, 2.75) is 53.0 Å². The first kappa shape index (κ1) is 17.1. The molecular weight excluding hydrogens is 320 g/mol. The lowest BCUT2D eigenvalue weighted by atomic mass is 10.0. The molecular formula is C18H26N4OS. The summed E-state index contributed by atoms with van der Waals surface area (Å²) >= 11 is 1.50. The van der Waals surface area contributed by atoms with Gasteiger partial charge in [0.05, 0.1) is 10.3 Å². The summed E-state index contributed by atoms with van der Waals surface area (Å²) in [7, 11) is 0. The number of aromatic nitrogens is 2. The molecule has 0 aliphatic carbocycles. The van der Waals surface area contributed by atoms with Crippen LogP contribution >= 0.6 is 11.3 Å². The van der Waals surface area contributed by atoms with Gasteiger partial charge in [-0.1, -0.05) is 0 Å². The molecule has 1 aliphatic rings. The summed E-state index contributed by atoms with van der Waals surface area (Å²) in [5.41, 5.74) is 1.03. The number of anilines is 1. The van der Waals surface area contributed by atoms with E-state index in [0.29, 0.717) is 6.04 Å². The number of hydrogen-bond acceptors (Lipinski definition) is 5. The maximum Gasteiger partial charge on any atom is 0.264 e. The minimum atomic E-state index is 0.109. The minimum Gasteiger partial charge on any atom is -0.353 e. The molecule has 0 spiro atoms. The molecule has 1 atom stereocenters. The Hall–Kier alpha value is -1.69. The molecule has 1 unspecified atom stereocenters. The fraction of sp³-hybridized carbons (Fsp3) is 0.611. The van der Waals surface area contributed by atoms with Crippen molar-refractivity contribution in [1.29, 1.82) is 0 Å². The zero-order chi connectivity index (χ0) is 17.3. The van der Waals surface area contributed by atoms with Crippen LogP contribution < -0.4 is 4.90 Å². The van der Waals surface area contributed by atoms with E-state index in [1.807, 2.05) is 25.7 Å². The topological polar surface area (TPSA) is 49.3 Å². The molecule has 3 heterocycles. The lowest BCUT2D eigenvalue weighted by Crippen LogP contribution is -2.38. The number of aryl methyl sites for hydroxylation is 1. The van der Waals surface area contributed by atoms with Crippen molar-refractivity contribution in [1.82, 2.24) is 14.9 Å². The second-order valence-corrected chi connectivity index (χ2v) is 7.45. The van der Waals surface area contributed by atoms with E-state index in [-0.39, 0.29) is 5.91 Å². The summed E-state index contributed by atoms with van der Waals surface area (Å²) in [5.74, 6) is 1.11.